The molecule has 14 rings (SSSR count). The molecule has 0 spiro atoms. The van der Waals surface area contributed by atoms with Gasteiger partial charge in [-0.25, -0.2) is 0 Å². The minimum absolute atomic E-state index is 1.10. The molecule has 1 nitrogen and oxygen atoms in total. The average molecular weight is 932 g/mol. The number of hydrogen-bond donors (Lipinski definition) is 0. The molecule has 1 heterocycles. The molecule has 0 amide bonds. The maximum atomic E-state index is 2.39. The first-order valence-corrected chi connectivity index (χ1v) is 25.5. The Labute approximate surface area is 422 Å². The minimum Gasteiger partial charge on any atom is -0.310 e. The molecule has 0 aliphatic carbocycles. The van der Waals surface area contributed by atoms with Crippen LogP contribution >= 0.6 is 11.3 Å². The molecule has 0 aliphatic heterocycles. The van der Waals surface area contributed by atoms with Gasteiger partial charge in [-0.15, -0.1) is 11.3 Å². The second-order valence-corrected chi connectivity index (χ2v) is 19.8. The SMILES string of the molecule is c1ccc(-c2ccc(N(c3ccc(-c4ccc(-c5cccc(-c6cccc7c6sc6c(-c8cccc9ccccc89)cccc67)c5)cc4)cc3)c3ccc4c5ccccc5c5ccccc5c4c3)cc2)cc1. The largest absolute Gasteiger partial charge is 0.310 e. The number of nitrogens with zero attached hydrogens (tertiary/aromatic N) is 1. The molecular weight excluding hydrogens is 887 g/mol. The van der Waals surface area contributed by atoms with Crippen LogP contribution in [0.25, 0.3) is 119 Å². The minimum atomic E-state index is 1.10. The zero-order chi connectivity index (χ0) is 47.5. The molecule has 0 saturated heterocycles. The van der Waals surface area contributed by atoms with Crippen LogP contribution < -0.4 is 4.90 Å². The fourth-order valence-electron chi connectivity index (χ4n) is 11.2. The average Bonchev–Trinajstić information content (AvgIpc) is 3.85. The van der Waals surface area contributed by atoms with Crippen LogP contribution in [0.5, 0.6) is 0 Å². The smallest absolute Gasteiger partial charge is 0.0468 e. The van der Waals surface area contributed by atoms with Gasteiger partial charge < -0.3 is 4.90 Å². The number of benzene rings is 13. The molecule has 0 unspecified atom stereocenters. The quantitative estimate of drug-likeness (QED) is 0.137. The predicted octanol–water partition coefficient (Wildman–Crippen LogP) is 20.5. The molecule has 0 atom stereocenters. The second-order valence-electron chi connectivity index (χ2n) is 18.8. The van der Waals surface area contributed by atoms with Crippen LogP contribution in [0.2, 0.25) is 0 Å². The van der Waals surface area contributed by atoms with E-state index in [0.717, 1.165) is 17.1 Å². The summed E-state index contributed by atoms with van der Waals surface area (Å²) in [5.41, 5.74) is 15.5. The number of thiophene rings is 1. The Balaban J connectivity index is 0.796. The highest BCUT2D eigenvalue weighted by Crippen LogP contribution is 2.46. The summed E-state index contributed by atoms with van der Waals surface area (Å²) in [6.45, 7) is 0. The normalized spacial score (nSPS) is 11.6. The summed E-state index contributed by atoms with van der Waals surface area (Å²) in [7, 11) is 0. The lowest BCUT2D eigenvalue weighted by atomic mass is 9.94. The zero-order valence-electron chi connectivity index (χ0n) is 39.3. The summed E-state index contributed by atoms with van der Waals surface area (Å²) in [5.74, 6) is 0. The van der Waals surface area contributed by atoms with Gasteiger partial charge in [-0.3, -0.25) is 0 Å². The van der Waals surface area contributed by atoms with Gasteiger partial charge in [0.1, 0.15) is 0 Å². The first kappa shape index (κ1) is 41.9. The maximum Gasteiger partial charge on any atom is 0.0468 e. The molecule has 0 bridgehead atoms. The molecule has 0 aliphatic rings. The number of hydrogen-bond acceptors (Lipinski definition) is 2. The Morgan fingerprint density at radius 3 is 1.24 bits per heavy atom. The Hall–Kier alpha value is -9.08. The van der Waals surface area contributed by atoms with Gasteiger partial charge in [-0.05, 0) is 136 Å². The van der Waals surface area contributed by atoms with Crippen LogP contribution in [-0.2, 0) is 0 Å². The number of rotatable bonds is 8. The summed E-state index contributed by atoms with van der Waals surface area (Å²) >= 11 is 1.91. The van der Waals surface area contributed by atoms with E-state index in [1.807, 2.05) is 11.3 Å². The van der Waals surface area contributed by atoms with Gasteiger partial charge in [-0.2, -0.15) is 0 Å². The Kier molecular flexibility index (Phi) is 10.1. The molecule has 0 radical (unpaired) electrons. The van der Waals surface area contributed by atoms with E-state index in [1.54, 1.807) is 0 Å². The molecule has 0 N–H and O–H groups in total. The van der Waals surface area contributed by atoms with Gasteiger partial charge in [0.05, 0.1) is 0 Å². The van der Waals surface area contributed by atoms with Crippen LogP contribution in [-0.4, -0.2) is 0 Å². The molecule has 0 saturated carbocycles. The van der Waals surface area contributed by atoms with E-state index in [-0.39, 0.29) is 0 Å². The van der Waals surface area contributed by atoms with Gasteiger partial charge in [0.2, 0.25) is 0 Å². The highest BCUT2D eigenvalue weighted by atomic mass is 32.1. The second kappa shape index (κ2) is 17.4. The highest BCUT2D eigenvalue weighted by Gasteiger charge is 2.18. The maximum absolute atomic E-state index is 2.39. The molecule has 336 valence electrons. The Morgan fingerprint density at radius 1 is 0.208 bits per heavy atom. The third-order valence-electron chi connectivity index (χ3n) is 14.7. The molecule has 13 aromatic carbocycles. The van der Waals surface area contributed by atoms with Crippen LogP contribution in [0.3, 0.4) is 0 Å². The molecule has 72 heavy (non-hydrogen) atoms. The van der Waals surface area contributed by atoms with Crippen molar-refractivity contribution < 1.29 is 0 Å². The van der Waals surface area contributed by atoms with E-state index in [1.165, 1.54) is 119 Å². The monoisotopic (exact) mass is 931 g/mol. The Morgan fingerprint density at radius 2 is 0.597 bits per heavy atom. The van der Waals surface area contributed by atoms with E-state index in [0.29, 0.717) is 0 Å². The molecule has 0 fully saturated rings. The van der Waals surface area contributed by atoms with Crippen molar-refractivity contribution in [1.29, 1.82) is 0 Å². The molecule has 1 aromatic heterocycles. The van der Waals surface area contributed by atoms with Crippen LogP contribution in [0.1, 0.15) is 0 Å². The summed E-state index contributed by atoms with van der Waals surface area (Å²) in [5, 5.41) is 12.8. The van der Waals surface area contributed by atoms with Crippen LogP contribution in [0.15, 0.2) is 273 Å². The van der Waals surface area contributed by atoms with Crippen molar-refractivity contribution in [3.05, 3.63) is 273 Å². The highest BCUT2D eigenvalue weighted by molar-refractivity contribution is 7.26. The van der Waals surface area contributed by atoms with Gasteiger partial charge in [0, 0.05) is 42.8 Å². The fourth-order valence-corrected chi connectivity index (χ4v) is 12.5. The first-order valence-electron chi connectivity index (χ1n) is 24.7. The molecule has 2 heteroatoms. The van der Waals surface area contributed by atoms with Crippen molar-refractivity contribution in [3.8, 4) is 55.6 Å². The molecular formula is C70H45NS. The Bertz CT molecular complexity index is 4320. The van der Waals surface area contributed by atoms with E-state index >= 15 is 0 Å². The van der Waals surface area contributed by atoms with Gasteiger partial charge in [-0.1, -0.05) is 231 Å². The van der Waals surface area contributed by atoms with Crippen LogP contribution in [0.4, 0.5) is 17.1 Å². The van der Waals surface area contributed by atoms with E-state index in [2.05, 4.69) is 278 Å². The molecule has 14 aromatic rings. The van der Waals surface area contributed by atoms with Crippen molar-refractivity contribution in [2.75, 3.05) is 4.90 Å². The topological polar surface area (TPSA) is 3.24 Å². The zero-order valence-corrected chi connectivity index (χ0v) is 40.2. The van der Waals surface area contributed by atoms with Gasteiger partial charge in [0.15, 0.2) is 0 Å². The summed E-state index contributed by atoms with van der Waals surface area (Å²) in [6, 6.07) is 100. The van der Waals surface area contributed by atoms with Crippen molar-refractivity contribution in [3.63, 3.8) is 0 Å². The van der Waals surface area contributed by atoms with Gasteiger partial charge in [0.25, 0.3) is 0 Å². The van der Waals surface area contributed by atoms with Gasteiger partial charge >= 0.3 is 0 Å². The van der Waals surface area contributed by atoms with E-state index in [4.69, 9.17) is 0 Å². The summed E-state index contributed by atoms with van der Waals surface area (Å²) in [6.07, 6.45) is 0. The standard InChI is InChI=1S/C70H45NS/c1-2-14-46(15-3-1)48-34-38-54(39-35-48)71(56-42-43-64-62-23-7-6-21-60(62)61-22-8-9-24-63(61)68(64)45-56)55-40-36-49(37-41-55)47-30-32-50(33-31-47)52-18-10-19-53(44-52)58-25-12-28-66-67-29-13-27-65(70(67)72-69(58)66)59-26-11-17-51-16-4-5-20-57(51)59/h1-45H. The lowest BCUT2D eigenvalue weighted by Gasteiger charge is -2.26. The predicted molar refractivity (Wildman–Crippen MR) is 311 cm³/mol. The van der Waals surface area contributed by atoms with E-state index < -0.39 is 0 Å². The van der Waals surface area contributed by atoms with E-state index in [9.17, 15) is 0 Å². The van der Waals surface area contributed by atoms with Crippen molar-refractivity contribution >= 4 is 91.7 Å². The van der Waals surface area contributed by atoms with Crippen molar-refractivity contribution in [2.24, 2.45) is 0 Å². The van der Waals surface area contributed by atoms with Crippen molar-refractivity contribution in [1.82, 2.24) is 0 Å². The third-order valence-corrected chi connectivity index (χ3v) is 16.0. The van der Waals surface area contributed by atoms with Crippen LogP contribution in [0, 0.1) is 0 Å². The fraction of sp³-hybridized carbons (Fsp3) is 0. The lowest BCUT2D eigenvalue weighted by molar-refractivity contribution is 1.29. The lowest BCUT2D eigenvalue weighted by Crippen LogP contribution is -2.10. The summed E-state index contributed by atoms with van der Waals surface area (Å²) in [4.78, 5) is 2.39. The number of anilines is 3. The third kappa shape index (κ3) is 7.15. The number of fused-ring (bicyclic) bond motifs is 10. The summed E-state index contributed by atoms with van der Waals surface area (Å²) < 4.78 is 2.65. The van der Waals surface area contributed by atoms with Crippen molar-refractivity contribution in [2.45, 2.75) is 0 Å². The first-order chi connectivity index (χ1) is 35.7.